The van der Waals surface area contributed by atoms with E-state index in [2.05, 4.69) is 39.6 Å². The van der Waals surface area contributed by atoms with Crippen LogP contribution in [0, 0.1) is 0 Å². The summed E-state index contributed by atoms with van der Waals surface area (Å²) in [5.41, 5.74) is 5.14. The van der Waals surface area contributed by atoms with Crippen molar-refractivity contribution < 1.29 is 0 Å². The predicted molar refractivity (Wildman–Crippen MR) is 73.1 cm³/mol. The fraction of sp³-hybridized carbons (Fsp3) is 0.154. The summed E-state index contributed by atoms with van der Waals surface area (Å²) in [6, 6.07) is 10.1. The molecular formula is C13H12N4S. The number of nitrogens with one attached hydrogen (secondary N) is 1. The Morgan fingerprint density at radius 1 is 1.17 bits per heavy atom. The molecule has 0 saturated carbocycles. The molecule has 18 heavy (non-hydrogen) atoms. The number of rotatable bonds is 2. The molecule has 0 aliphatic carbocycles. The molecule has 5 heteroatoms. The molecular weight excluding hydrogens is 244 g/mol. The SMILES string of the molecule is CC1(c2cnccn2)NN=C(c2ccccc2)S1. The summed E-state index contributed by atoms with van der Waals surface area (Å²) >= 11 is 1.66. The average molecular weight is 256 g/mol. The molecule has 1 aliphatic heterocycles. The summed E-state index contributed by atoms with van der Waals surface area (Å²) in [5.74, 6) is 0. The highest BCUT2D eigenvalue weighted by Gasteiger charge is 2.35. The third-order valence-electron chi connectivity index (χ3n) is 2.74. The van der Waals surface area contributed by atoms with Gasteiger partial charge in [0.25, 0.3) is 0 Å². The quantitative estimate of drug-likeness (QED) is 0.896. The molecule has 1 aromatic heterocycles. The topological polar surface area (TPSA) is 50.2 Å². The van der Waals surface area contributed by atoms with Gasteiger partial charge in [0, 0.05) is 18.0 Å². The summed E-state index contributed by atoms with van der Waals surface area (Å²) in [4.78, 5) is 8.10. The van der Waals surface area contributed by atoms with Crippen molar-refractivity contribution in [3.63, 3.8) is 0 Å². The normalized spacial score (nSPS) is 22.4. The zero-order chi connectivity index (χ0) is 12.4. The lowest BCUT2D eigenvalue weighted by atomic mass is 10.2. The molecule has 2 heterocycles. The highest BCUT2D eigenvalue weighted by Crippen LogP contribution is 2.38. The van der Waals surface area contributed by atoms with Gasteiger partial charge in [-0.3, -0.25) is 15.4 Å². The third kappa shape index (κ3) is 1.97. The zero-order valence-electron chi connectivity index (χ0n) is 9.87. The molecule has 0 radical (unpaired) electrons. The molecule has 0 amide bonds. The number of hydrazone groups is 1. The molecule has 2 aromatic rings. The second kappa shape index (κ2) is 4.42. The van der Waals surface area contributed by atoms with Crippen LogP contribution in [0.3, 0.4) is 0 Å². The van der Waals surface area contributed by atoms with Gasteiger partial charge >= 0.3 is 0 Å². The molecule has 1 aliphatic rings. The van der Waals surface area contributed by atoms with E-state index >= 15 is 0 Å². The first-order valence-electron chi connectivity index (χ1n) is 5.64. The number of hydrogen-bond acceptors (Lipinski definition) is 5. The van der Waals surface area contributed by atoms with Gasteiger partial charge in [-0.1, -0.05) is 42.1 Å². The van der Waals surface area contributed by atoms with Crippen molar-refractivity contribution >= 4 is 16.8 Å². The Labute approximate surface area is 110 Å². The van der Waals surface area contributed by atoms with Crippen LogP contribution < -0.4 is 5.43 Å². The maximum Gasteiger partial charge on any atom is 0.146 e. The van der Waals surface area contributed by atoms with E-state index in [-0.39, 0.29) is 4.87 Å². The first-order valence-corrected chi connectivity index (χ1v) is 6.45. The number of thioether (sulfide) groups is 1. The number of benzene rings is 1. The van der Waals surface area contributed by atoms with Crippen molar-refractivity contribution in [2.24, 2.45) is 5.10 Å². The van der Waals surface area contributed by atoms with Gasteiger partial charge in [-0.25, -0.2) is 0 Å². The maximum absolute atomic E-state index is 4.40. The Kier molecular flexibility index (Phi) is 2.76. The largest absolute Gasteiger partial charge is 0.287 e. The van der Waals surface area contributed by atoms with Gasteiger partial charge in [0.05, 0.1) is 11.9 Å². The average Bonchev–Trinajstić information content (AvgIpc) is 2.85. The van der Waals surface area contributed by atoms with Crippen LogP contribution in [-0.2, 0) is 4.87 Å². The van der Waals surface area contributed by atoms with Crippen molar-refractivity contribution in [1.82, 2.24) is 15.4 Å². The van der Waals surface area contributed by atoms with Crippen molar-refractivity contribution in [2.45, 2.75) is 11.8 Å². The minimum Gasteiger partial charge on any atom is -0.287 e. The van der Waals surface area contributed by atoms with Gasteiger partial charge in [0.15, 0.2) is 0 Å². The van der Waals surface area contributed by atoms with E-state index < -0.39 is 0 Å². The summed E-state index contributed by atoms with van der Waals surface area (Å²) in [6.45, 7) is 2.06. The van der Waals surface area contributed by atoms with Gasteiger partial charge in [0.1, 0.15) is 9.91 Å². The van der Waals surface area contributed by atoms with Crippen LogP contribution in [0.1, 0.15) is 18.2 Å². The first kappa shape index (κ1) is 11.2. The number of hydrogen-bond donors (Lipinski definition) is 1. The maximum atomic E-state index is 4.40. The van der Waals surface area contributed by atoms with Gasteiger partial charge in [-0.2, -0.15) is 5.10 Å². The highest BCUT2D eigenvalue weighted by molar-refractivity contribution is 8.15. The van der Waals surface area contributed by atoms with Crippen LogP contribution in [0.25, 0.3) is 0 Å². The van der Waals surface area contributed by atoms with Crippen LogP contribution in [-0.4, -0.2) is 15.0 Å². The molecule has 4 nitrogen and oxygen atoms in total. The molecule has 0 saturated heterocycles. The van der Waals surface area contributed by atoms with Gasteiger partial charge < -0.3 is 0 Å². The van der Waals surface area contributed by atoms with E-state index in [9.17, 15) is 0 Å². The second-order valence-corrected chi connectivity index (χ2v) is 5.53. The Balaban J connectivity index is 1.86. The second-order valence-electron chi connectivity index (χ2n) is 4.12. The third-order valence-corrected chi connectivity index (χ3v) is 3.97. The molecule has 0 bridgehead atoms. The molecule has 0 fully saturated rings. The van der Waals surface area contributed by atoms with E-state index in [1.807, 2.05) is 18.2 Å². The van der Waals surface area contributed by atoms with Gasteiger partial charge in [0.2, 0.25) is 0 Å². The Bertz CT molecular complexity index is 570. The lowest BCUT2D eigenvalue weighted by Crippen LogP contribution is -2.29. The summed E-state index contributed by atoms with van der Waals surface area (Å²) < 4.78 is 0. The fourth-order valence-electron chi connectivity index (χ4n) is 1.76. The van der Waals surface area contributed by atoms with Gasteiger partial charge in [-0.05, 0) is 6.92 Å². The smallest absolute Gasteiger partial charge is 0.146 e. The lowest BCUT2D eigenvalue weighted by Gasteiger charge is -2.21. The minimum atomic E-state index is -0.348. The minimum absolute atomic E-state index is 0.348. The van der Waals surface area contributed by atoms with Crippen LogP contribution >= 0.6 is 11.8 Å². The first-order chi connectivity index (χ1) is 8.78. The summed E-state index contributed by atoms with van der Waals surface area (Å²) in [7, 11) is 0. The Hall–Kier alpha value is -1.88. The summed E-state index contributed by atoms with van der Waals surface area (Å²) in [6.07, 6.45) is 5.14. The van der Waals surface area contributed by atoms with Crippen LogP contribution in [0.2, 0.25) is 0 Å². The molecule has 1 N–H and O–H groups in total. The van der Waals surface area contributed by atoms with Crippen molar-refractivity contribution in [1.29, 1.82) is 0 Å². The van der Waals surface area contributed by atoms with Crippen molar-refractivity contribution in [3.8, 4) is 0 Å². The van der Waals surface area contributed by atoms with Crippen LogP contribution in [0.5, 0.6) is 0 Å². The van der Waals surface area contributed by atoms with Crippen LogP contribution in [0.4, 0.5) is 0 Å². The molecule has 1 unspecified atom stereocenters. The van der Waals surface area contributed by atoms with Crippen molar-refractivity contribution in [3.05, 3.63) is 60.2 Å². The molecule has 3 rings (SSSR count). The monoisotopic (exact) mass is 256 g/mol. The van der Waals surface area contributed by atoms with E-state index in [1.54, 1.807) is 30.4 Å². The van der Waals surface area contributed by atoms with E-state index in [1.165, 1.54) is 0 Å². The molecule has 0 spiro atoms. The summed E-state index contributed by atoms with van der Waals surface area (Å²) in [5, 5.41) is 5.37. The fourth-order valence-corrected chi connectivity index (χ4v) is 2.79. The van der Waals surface area contributed by atoms with Gasteiger partial charge in [-0.15, -0.1) is 0 Å². The van der Waals surface area contributed by atoms with Crippen LogP contribution in [0.15, 0.2) is 54.0 Å². The van der Waals surface area contributed by atoms with Crippen molar-refractivity contribution in [2.75, 3.05) is 0 Å². The number of aromatic nitrogens is 2. The van der Waals surface area contributed by atoms with E-state index in [0.29, 0.717) is 0 Å². The lowest BCUT2D eigenvalue weighted by molar-refractivity contribution is 0.545. The Morgan fingerprint density at radius 3 is 2.72 bits per heavy atom. The standard InChI is InChI=1S/C13H12N4S/c1-13(11-9-14-7-8-15-11)17-16-12(18-13)10-5-3-2-4-6-10/h2-9,17H,1H3. The molecule has 90 valence electrons. The molecule has 1 aromatic carbocycles. The van der Waals surface area contributed by atoms with E-state index in [4.69, 9.17) is 0 Å². The van der Waals surface area contributed by atoms with E-state index in [0.717, 1.165) is 16.3 Å². The Morgan fingerprint density at radius 2 is 2.00 bits per heavy atom. The molecule has 1 atom stereocenters. The number of nitrogens with zero attached hydrogens (tertiary/aromatic N) is 3. The highest BCUT2D eigenvalue weighted by atomic mass is 32.2. The predicted octanol–water partition coefficient (Wildman–Crippen LogP) is 2.35. The zero-order valence-corrected chi connectivity index (χ0v) is 10.7.